The fraction of sp³-hybridized carbons (Fsp3) is 0.444. The summed E-state index contributed by atoms with van der Waals surface area (Å²) < 4.78 is 69.2. The van der Waals surface area contributed by atoms with E-state index in [1.807, 2.05) is 0 Å². The highest BCUT2D eigenvalue weighted by molar-refractivity contribution is 7.87. The number of carbonyl (C=O) groups is 1. The lowest BCUT2D eigenvalue weighted by Crippen LogP contribution is -2.56. The third kappa shape index (κ3) is 8.06. The number of ether oxygens (including phenoxy) is 3. The van der Waals surface area contributed by atoms with E-state index in [9.17, 15) is 27.4 Å². The molecule has 0 saturated carbocycles. The molecule has 3 aromatic rings. The smallest absolute Gasteiger partial charge is 0.494 e. The molecule has 1 amide bonds. The summed E-state index contributed by atoms with van der Waals surface area (Å²) in [5.74, 6) is 0.111. The number of aryl methyl sites for hydroxylation is 1. The number of hydroxylamine groups is 1. The van der Waals surface area contributed by atoms with Gasteiger partial charge in [-0.2, -0.15) is 4.98 Å². The van der Waals surface area contributed by atoms with Crippen molar-refractivity contribution in [3.63, 3.8) is 0 Å². The second kappa shape index (κ2) is 14.1. The van der Waals surface area contributed by atoms with Crippen LogP contribution in [0.4, 0.5) is 13.2 Å². The molecule has 0 spiro atoms. The summed E-state index contributed by atoms with van der Waals surface area (Å²) in [6.45, 7) is 2.68. The van der Waals surface area contributed by atoms with Crippen molar-refractivity contribution < 1.29 is 46.1 Å². The van der Waals surface area contributed by atoms with Crippen LogP contribution in [0.2, 0.25) is 0 Å². The van der Waals surface area contributed by atoms with Gasteiger partial charge in [0, 0.05) is 43.6 Å². The monoisotopic (exact) mass is 612 g/mol. The number of hydrogen-bond acceptors (Lipinski definition) is 10. The van der Waals surface area contributed by atoms with Gasteiger partial charge in [0.25, 0.3) is 5.91 Å². The van der Waals surface area contributed by atoms with E-state index in [0.717, 1.165) is 0 Å². The molecule has 2 aromatic carbocycles. The number of rotatable bonds is 13. The van der Waals surface area contributed by atoms with Crippen molar-refractivity contribution in [2.45, 2.75) is 41.7 Å². The van der Waals surface area contributed by atoms with Crippen molar-refractivity contribution in [1.29, 1.82) is 0 Å². The van der Waals surface area contributed by atoms with Gasteiger partial charge in [-0.15, -0.1) is 13.2 Å². The summed E-state index contributed by atoms with van der Waals surface area (Å²) in [5.41, 5.74) is 2.18. The predicted octanol–water partition coefficient (Wildman–Crippen LogP) is 3.74. The third-order valence-corrected chi connectivity index (χ3v) is 8.81. The molecule has 228 valence electrons. The van der Waals surface area contributed by atoms with Gasteiger partial charge in [-0.25, -0.2) is 5.48 Å². The molecule has 1 aromatic heterocycles. The Balaban J connectivity index is 1.27. The van der Waals surface area contributed by atoms with Gasteiger partial charge in [-0.1, -0.05) is 5.16 Å². The molecule has 42 heavy (non-hydrogen) atoms. The third-order valence-electron chi connectivity index (χ3n) is 6.80. The highest BCUT2D eigenvalue weighted by atomic mass is 32.2. The van der Waals surface area contributed by atoms with Crippen molar-refractivity contribution in [1.82, 2.24) is 20.5 Å². The average molecular weight is 613 g/mol. The van der Waals surface area contributed by atoms with Crippen LogP contribution in [0.15, 0.2) is 57.9 Å². The molecule has 0 aliphatic carbocycles. The van der Waals surface area contributed by atoms with E-state index in [1.165, 1.54) is 24.3 Å². The molecule has 1 unspecified atom stereocenters. The first-order valence-corrected chi connectivity index (χ1v) is 14.3. The maximum absolute atomic E-state index is 13.5. The highest BCUT2D eigenvalue weighted by Crippen LogP contribution is 2.34. The number of nitrogens with one attached hydrogen (secondary N) is 1. The van der Waals surface area contributed by atoms with Gasteiger partial charge in [-0.3, -0.25) is 14.2 Å². The number of likely N-dealkylation sites (tertiary alicyclic amines) is 1. The molecule has 1 aliphatic rings. The summed E-state index contributed by atoms with van der Waals surface area (Å²) in [4.78, 5) is 19.5. The molecular formula is C27H31F3N4O7S. The number of hydrogen-bond donors (Lipinski definition) is 2. The van der Waals surface area contributed by atoms with Crippen LogP contribution >= 0.6 is 0 Å². The summed E-state index contributed by atoms with van der Waals surface area (Å²) in [7, 11) is -0.0906. The van der Waals surface area contributed by atoms with E-state index < -0.39 is 27.8 Å². The first-order valence-electron chi connectivity index (χ1n) is 13.1. The molecule has 2 N–H and O–H groups in total. The van der Waals surface area contributed by atoms with Crippen LogP contribution in [-0.4, -0.2) is 81.4 Å². The van der Waals surface area contributed by atoms with Crippen molar-refractivity contribution >= 4 is 16.7 Å². The molecule has 15 heteroatoms. The zero-order valence-corrected chi connectivity index (χ0v) is 23.6. The summed E-state index contributed by atoms with van der Waals surface area (Å²) in [6.07, 6.45) is -3.18. The Labute approximate surface area is 242 Å². The van der Waals surface area contributed by atoms with Gasteiger partial charge in [-0.05, 0) is 67.8 Å². The number of benzene rings is 2. The fourth-order valence-electron chi connectivity index (χ4n) is 4.53. The molecule has 11 nitrogen and oxygen atoms in total. The Kier molecular flexibility index (Phi) is 10.5. The summed E-state index contributed by atoms with van der Waals surface area (Å²) in [6, 6.07) is 11.8. The number of methoxy groups -OCH3 is 1. The number of amides is 1. The molecule has 1 atom stereocenters. The maximum atomic E-state index is 13.5. The quantitative estimate of drug-likeness (QED) is 0.167. The van der Waals surface area contributed by atoms with E-state index in [2.05, 4.69) is 19.8 Å². The molecule has 2 heterocycles. The molecule has 0 radical (unpaired) electrons. The van der Waals surface area contributed by atoms with Gasteiger partial charge < -0.3 is 23.6 Å². The van der Waals surface area contributed by atoms with E-state index in [1.54, 1.807) is 36.9 Å². The molecule has 0 bridgehead atoms. The number of carbonyl (C=O) groups excluding carboxylic acids is 1. The minimum absolute atomic E-state index is 0.237. The maximum Gasteiger partial charge on any atom is 0.573 e. The number of alkyl halides is 3. The van der Waals surface area contributed by atoms with Crippen molar-refractivity contribution in [3.8, 4) is 22.9 Å². The number of nitrogens with zero attached hydrogens (tertiary/aromatic N) is 3. The predicted molar refractivity (Wildman–Crippen MR) is 143 cm³/mol. The van der Waals surface area contributed by atoms with Gasteiger partial charge in [0.1, 0.15) is 16.2 Å². The van der Waals surface area contributed by atoms with Crippen molar-refractivity contribution in [2.75, 3.05) is 40.0 Å². The van der Waals surface area contributed by atoms with E-state index in [-0.39, 0.29) is 11.6 Å². The normalized spacial score (nSPS) is 16.1. The lowest BCUT2D eigenvalue weighted by Gasteiger charge is -2.39. The minimum atomic E-state index is -4.77. The lowest BCUT2D eigenvalue weighted by molar-refractivity contribution is -0.274. The number of aromatic nitrogens is 2. The SMILES string of the molecule is COCCN1CCC(C(=O)NO)(S(=O)c2ccc(OCCCc3nc(-c4ccc(OC(F)(F)F)cc4)no3)cc2)CC1. The van der Waals surface area contributed by atoms with Crippen LogP contribution in [0.25, 0.3) is 11.4 Å². The topological polar surface area (TPSA) is 136 Å². The van der Waals surface area contributed by atoms with Crippen molar-refractivity contribution in [2.24, 2.45) is 0 Å². The van der Waals surface area contributed by atoms with Crippen LogP contribution in [0.3, 0.4) is 0 Å². The molecular weight excluding hydrogens is 581 g/mol. The van der Waals surface area contributed by atoms with Crippen LogP contribution in [0, 0.1) is 0 Å². The van der Waals surface area contributed by atoms with Gasteiger partial charge in [0.2, 0.25) is 11.7 Å². The zero-order valence-electron chi connectivity index (χ0n) is 22.8. The molecule has 1 saturated heterocycles. The molecule has 1 fully saturated rings. The largest absolute Gasteiger partial charge is 0.573 e. The zero-order chi connectivity index (χ0) is 30.2. The lowest BCUT2D eigenvalue weighted by atomic mass is 9.95. The minimum Gasteiger partial charge on any atom is -0.494 e. The Bertz CT molecular complexity index is 1330. The average Bonchev–Trinajstić information content (AvgIpc) is 3.46. The Hall–Kier alpha value is -3.53. The van der Waals surface area contributed by atoms with Gasteiger partial charge >= 0.3 is 6.36 Å². The van der Waals surface area contributed by atoms with Crippen LogP contribution in [0.5, 0.6) is 11.5 Å². The first kappa shape index (κ1) is 31.4. The van der Waals surface area contributed by atoms with Gasteiger partial charge in [0.15, 0.2) is 0 Å². The van der Waals surface area contributed by atoms with Crippen LogP contribution < -0.4 is 15.0 Å². The van der Waals surface area contributed by atoms with Gasteiger partial charge in [0.05, 0.1) is 24.0 Å². The number of piperidine rings is 1. The van der Waals surface area contributed by atoms with E-state index in [4.69, 9.17) is 14.0 Å². The summed E-state index contributed by atoms with van der Waals surface area (Å²) >= 11 is 0. The van der Waals surface area contributed by atoms with Crippen LogP contribution in [-0.2, 0) is 26.8 Å². The van der Waals surface area contributed by atoms with E-state index in [0.29, 0.717) is 80.6 Å². The Morgan fingerprint density at radius 2 is 1.76 bits per heavy atom. The summed E-state index contributed by atoms with van der Waals surface area (Å²) in [5, 5.41) is 13.2. The first-order chi connectivity index (χ1) is 20.1. The van der Waals surface area contributed by atoms with E-state index >= 15 is 0 Å². The Morgan fingerprint density at radius 3 is 2.38 bits per heavy atom. The number of halogens is 3. The molecule has 4 rings (SSSR count). The second-order valence-corrected chi connectivity index (χ2v) is 11.3. The second-order valence-electron chi connectivity index (χ2n) is 9.55. The Morgan fingerprint density at radius 1 is 1.10 bits per heavy atom. The molecule has 1 aliphatic heterocycles. The highest BCUT2D eigenvalue weighted by Gasteiger charge is 2.47. The van der Waals surface area contributed by atoms with Crippen molar-refractivity contribution in [3.05, 3.63) is 54.4 Å². The standard InChI is InChI=1S/C27H31F3N4O7S/c1-38-18-16-34-14-12-26(13-15-34,25(35)32-36)42(37)22-10-8-20(9-11-22)39-17-2-3-23-31-24(33-41-23)19-4-6-21(7-5-19)40-27(28,29)30/h4-11,36H,2-3,12-18H2,1H3,(H,32,35). The van der Waals surface area contributed by atoms with Crippen LogP contribution in [0.1, 0.15) is 25.2 Å². The fourth-order valence-corrected chi connectivity index (χ4v) is 6.14.